The first-order valence-electron chi connectivity index (χ1n) is 8.48. The smallest absolute Gasteiger partial charge is 0.251 e. The fourth-order valence-corrected chi connectivity index (χ4v) is 2.64. The van der Waals surface area contributed by atoms with Crippen molar-refractivity contribution in [2.24, 2.45) is 0 Å². The van der Waals surface area contributed by atoms with Crippen LogP contribution in [0, 0.1) is 0 Å². The summed E-state index contributed by atoms with van der Waals surface area (Å²) in [6, 6.07) is 20.5. The Morgan fingerprint density at radius 3 is 2.44 bits per heavy atom. The number of rotatable bonds is 6. The van der Waals surface area contributed by atoms with Crippen molar-refractivity contribution < 1.29 is 9.53 Å². The van der Waals surface area contributed by atoms with E-state index >= 15 is 0 Å². The summed E-state index contributed by atoms with van der Waals surface area (Å²) in [5.41, 5.74) is 3.12. The van der Waals surface area contributed by atoms with Crippen LogP contribution in [0.5, 0.6) is 5.75 Å². The summed E-state index contributed by atoms with van der Waals surface area (Å²) in [5.74, 6) is 0.555. The predicted octanol–water partition coefficient (Wildman–Crippen LogP) is 4.60. The molecule has 0 aliphatic carbocycles. The maximum Gasteiger partial charge on any atom is 0.251 e. The van der Waals surface area contributed by atoms with Gasteiger partial charge in [-0.25, -0.2) is 0 Å². The number of pyridine rings is 1. The van der Waals surface area contributed by atoms with E-state index < -0.39 is 0 Å². The normalized spacial score (nSPS) is 11.1. The van der Waals surface area contributed by atoms with E-state index in [0.29, 0.717) is 23.0 Å². The molecule has 1 amide bonds. The molecule has 1 heterocycles. The first-order valence-corrected chi connectivity index (χ1v) is 8.86. The second-order valence-electron chi connectivity index (χ2n) is 5.82. The van der Waals surface area contributed by atoms with E-state index in [9.17, 15) is 4.79 Å². The summed E-state index contributed by atoms with van der Waals surface area (Å²) in [4.78, 5) is 16.6. The molecule has 3 aromatic rings. The van der Waals surface area contributed by atoms with Gasteiger partial charge in [-0.3, -0.25) is 9.78 Å². The number of carbonyl (C=O) groups excluding carboxylic acids is 1. The zero-order valence-electron chi connectivity index (χ0n) is 14.9. The minimum Gasteiger partial charge on any atom is -0.487 e. The number of carbonyl (C=O) groups is 1. The summed E-state index contributed by atoms with van der Waals surface area (Å²) in [6.45, 7) is 0.392. The summed E-state index contributed by atoms with van der Waals surface area (Å²) >= 11 is 5.93. The summed E-state index contributed by atoms with van der Waals surface area (Å²) in [7, 11) is 1.61. The van der Waals surface area contributed by atoms with Gasteiger partial charge in [-0.15, -0.1) is 0 Å². The number of nitrogens with one attached hydrogen (secondary N) is 1. The van der Waals surface area contributed by atoms with Crippen LogP contribution in [0.4, 0.5) is 0 Å². The average molecular weight is 379 g/mol. The van der Waals surface area contributed by atoms with Gasteiger partial charge in [0.05, 0.1) is 5.69 Å². The van der Waals surface area contributed by atoms with E-state index in [1.54, 1.807) is 25.4 Å². The molecule has 3 rings (SSSR count). The highest BCUT2D eigenvalue weighted by atomic mass is 35.5. The number of aromatic nitrogens is 1. The number of likely N-dealkylation sites (N-methyl/N-ethyl adjacent to an activating group) is 1. The molecule has 136 valence electrons. The molecule has 27 heavy (non-hydrogen) atoms. The van der Waals surface area contributed by atoms with Crippen molar-refractivity contribution in [3.8, 4) is 5.75 Å². The van der Waals surface area contributed by atoms with Crippen LogP contribution >= 0.6 is 11.6 Å². The van der Waals surface area contributed by atoms with Crippen LogP contribution in [0.15, 0.2) is 72.9 Å². The first-order chi connectivity index (χ1) is 13.2. The second-order valence-corrected chi connectivity index (χ2v) is 6.26. The molecule has 4 nitrogen and oxygen atoms in total. The maximum absolute atomic E-state index is 12.3. The van der Waals surface area contributed by atoms with Gasteiger partial charge in [0, 0.05) is 23.8 Å². The molecule has 0 aliphatic rings. The minimum absolute atomic E-state index is 0.160. The first kappa shape index (κ1) is 18.7. The van der Waals surface area contributed by atoms with Crippen LogP contribution in [-0.4, -0.2) is 17.9 Å². The van der Waals surface area contributed by atoms with E-state index in [0.717, 1.165) is 16.8 Å². The molecule has 1 aromatic heterocycles. The van der Waals surface area contributed by atoms with Crippen molar-refractivity contribution in [3.05, 3.63) is 94.8 Å². The Labute approximate surface area is 163 Å². The molecule has 0 fully saturated rings. The van der Waals surface area contributed by atoms with Gasteiger partial charge in [0.1, 0.15) is 12.4 Å². The molecule has 5 heteroatoms. The lowest BCUT2D eigenvalue weighted by atomic mass is 10.0. The highest BCUT2D eigenvalue weighted by Gasteiger charge is 2.11. The Kier molecular flexibility index (Phi) is 6.23. The quantitative estimate of drug-likeness (QED) is 0.503. The van der Waals surface area contributed by atoms with Crippen molar-refractivity contribution >= 4 is 29.2 Å². The molecule has 0 bridgehead atoms. The molecule has 0 saturated carbocycles. The van der Waals surface area contributed by atoms with Crippen molar-refractivity contribution in [2.75, 3.05) is 7.05 Å². The third-order valence-electron chi connectivity index (χ3n) is 3.93. The fourth-order valence-electron chi connectivity index (χ4n) is 2.51. The number of amides is 1. The molecule has 0 radical (unpaired) electrons. The van der Waals surface area contributed by atoms with E-state index in [1.807, 2.05) is 60.7 Å². The van der Waals surface area contributed by atoms with Crippen LogP contribution in [0.1, 0.15) is 16.8 Å². The molecule has 0 aliphatic heterocycles. The highest BCUT2D eigenvalue weighted by Crippen LogP contribution is 2.23. The lowest BCUT2D eigenvalue weighted by molar-refractivity contribution is -0.115. The van der Waals surface area contributed by atoms with E-state index in [-0.39, 0.29) is 5.91 Å². The molecule has 2 aromatic carbocycles. The lowest BCUT2D eigenvalue weighted by Crippen LogP contribution is -2.19. The van der Waals surface area contributed by atoms with Gasteiger partial charge in [0.25, 0.3) is 5.91 Å². The van der Waals surface area contributed by atoms with Crippen LogP contribution in [-0.2, 0) is 11.4 Å². The van der Waals surface area contributed by atoms with Crippen LogP contribution in [0.25, 0.3) is 11.6 Å². The van der Waals surface area contributed by atoms with E-state index in [2.05, 4.69) is 10.3 Å². The molecule has 0 atom stereocenters. The zero-order chi connectivity index (χ0) is 19.1. The van der Waals surface area contributed by atoms with Gasteiger partial charge in [-0.05, 0) is 53.6 Å². The average Bonchev–Trinajstić information content (AvgIpc) is 2.72. The van der Waals surface area contributed by atoms with Gasteiger partial charge >= 0.3 is 0 Å². The number of hydrogen-bond donors (Lipinski definition) is 1. The van der Waals surface area contributed by atoms with Crippen molar-refractivity contribution in [3.63, 3.8) is 0 Å². The SMILES string of the molecule is CNC(=O)C(=Cc1ccc(Cl)cc1)c1ccc(OCc2ccccn2)cc1. The van der Waals surface area contributed by atoms with E-state index in [1.165, 1.54) is 0 Å². The Balaban J connectivity index is 1.79. The van der Waals surface area contributed by atoms with Gasteiger partial charge in [-0.1, -0.05) is 41.9 Å². The summed E-state index contributed by atoms with van der Waals surface area (Å²) in [5, 5.41) is 3.34. The molecule has 0 spiro atoms. The van der Waals surface area contributed by atoms with Crippen LogP contribution in [0.3, 0.4) is 0 Å². The molecular formula is C22H19ClN2O2. The predicted molar refractivity (Wildman–Crippen MR) is 108 cm³/mol. The Morgan fingerprint density at radius 1 is 1.07 bits per heavy atom. The number of benzene rings is 2. The highest BCUT2D eigenvalue weighted by molar-refractivity contribution is 6.30. The second kappa shape index (κ2) is 9.01. The van der Waals surface area contributed by atoms with Gasteiger partial charge < -0.3 is 10.1 Å². The van der Waals surface area contributed by atoms with Gasteiger partial charge in [0.15, 0.2) is 0 Å². The number of nitrogens with zero attached hydrogens (tertiary/aromatic N) is 1. The lowest BCUT2D eigenvalue weighted by Gasteiger charge is -2.09. The standard InChI is InChI=1S/C22H19ClN2O2/c1-24-22(26)21(14-16-5-9-18(23)10-6-16)17-7-11-20(12-8-17)27-15-19-4-2-3-13-25-19/h2-14H,15H2,1H3,(H,24,26). The Bertz CT molecular complexity index is 921. The van der Waals surface area contributed by atoms with Gasteiger partial charge in [-0.2, -0.15) is 0 Å². The number of ether oxygens (including phenoxy) is 1. The molecule has 0 unspecified atom stereocenters. The van der Waals surface area contributed by atoms with Crippen LogP contribution in [0.2, 0.25) is 5.02 Å². The maximum atomic E-state index is 12.3. The van der Waals surface area contributed by atoms with Gasteiger partial charge in [0.2, 0.25) is 0 Å². The minimum atomic E-state index is -0.160. The summed E-state index contributed by atoms with van der Waals surface area (Å²) < 4.78 is 5.75. The fraction of sp³-hybridized carbons (Fsp3) is 0.0909. The third kappa shape index (κ3) is 5.19. The number of hydrogen-bond acceptors (Lipinski definition) is 3. The van der Waals surface area contributed by atoms with Crippen LogP contribution < -0.4 is 10.1 Å². The monoisotopic (exact) mass is 378 g/mol. The Hall–Kier alpha value is -3.11. The molecule has 1 N–H and O–H groups in total. The molecule has 0 saturated heterocycles. The summed E-state index contributed by atoms with van der Waals surface area (Å²) in [6.07, 6.45) is 3.57. The zero-order valence-corrected chi connectivity index (χ0v) is 15.6. The molecular weight excluding hydrogens is 360 g/mol. The third-order valence-corrected chi connectivity index (χ3v) is 4.18. The topological polar surface area (TPSA) is 51.2 Å². The van der Waals surface area contributed by atoms with E-state index in [4.69, 9.17) is 16.3 Å². The van der Waals surface area contributed by atoms with Crippen molar-refractivity contribution in [1.82, 2.24) is 10.3 Å². The number of halogens is 1. The Morgan fingerprint density at radius 2 is 1.81 bits per heavy atom. The largest absolute Gasteiger partial charge is 0.487 e. The van der Waals surface area contributed by atoms with Crippen molar-refractivity contribution in [2.45, 2.75) is 6.61 Å². The van der Waals surface area contributed by atoms with Crippen molar-refractivity contribution in [1.29, 1.82) is 0 Å².